The summed E-state index contributed by atoms with van der Waals surface area (Å²) in [5, 5.41) is 0. The fourth-order valence-corrected chi connectivity index (χ4v) is 1.58. The Hall–Kier alpha value is -1.43. The molecule has 0 aromatic carbocycles. The molecule has 0 radical (unpaired) electrons. The minimum absolute atomic E-state index is 0.0924. The Morgan fingerprint density at radius 1 is 1.33 bits per heavy atom. The normalized spacial score (nSPS) is 26.1. The second kappa shape index (κ2) is 3.98. The van der Waals surface area contributed by atoms with Crippen LogP contribution in [0.3, 0.4) is 0 Å². The molecular weight excluding hydrogens is 202 g/mol. The average molecular weight is 213 g/mol. The molecule has 2 aliphatic heterocycles. The minimum Gasteiger partial charge on any atom is -0.443 e. The molecule has 6 nitrogen and oxygen atoms in total. The van der Waals surface area contributed by atoms with Crippen molar-refractivity contribution in [3.8, 4) is 0 Å². The fraction of sp³-hybridized carbons (Fsp3) is 0.667. The van der Waals surface area contributed by atoms with Crippen molar-refractivity contribution in [2.45, 2.75) is 25.4 Å². The summed E-state index contributed by atoms with van der Waals surface area (Å²) in [6.07, 6.45) is -0.400. The van der Waals surface area contributed by atoms with Crippen LogP contribution >= 0.6 is 0 Å². The van der Waals surface area contributed by atoms with Crippen molar-refractivity contribution in [1.82, 2.24) is 4.90 Å². The summed E-state index contributed by atoms with van der Waals surface area (Å²) in [5.74, 6) is -0.965. The molecule has 0 aliphatic carbocycles. The Bertz CT molecular complexity index is 292. The molecule has 1 atom stereocenters. The van der Waals surface area contributed by atoms with Gasteiger partial charge in [0.05, 0.1) is 13.2 Å². The van der Waals surface area contributed by atoms with Crippen molar-refractivity contribution < 1.29 is 23.9 Å². The van der Waals surface area contributed by atoms with E-state index >= 15 is 0 Å². The highest BCUT2D eigenvalue weighted by atomic mass is 16.6. The summed E-state index contributed by atoms with van der Waals surface area (Å²) >= 11 is 0. The van der Waals surface area contributed by atoms with Crippen LogP contribution in [0.15, 0.2) is 0 Å². The number of rotatable bonds is 1. The summed E-state index contributed by atoms with van der Waals surface area (Å²) < 4.78 is 9.97. The third kappa shape index (κ3) is 1.99. The van der Waals surface area contributed by atoms with Gasteiger partial charge in [-0.25, -0.2) is 4.79 Å². The lowest BCUT2D eigenvalue weighted by atomic mass is 10.3. The molecular formula is C9H11NO5. The van der Waals surface area contributed by atoms with Crippen LogP contribution in [0.1, 0.15) is 19.3 Å². The number of imide groups is 3. The standard InChI is InChI=1S/C9H11NO5/c11-7-1-2-8(12)10(7)9(13)15-6-3-4-14-5-6/h6H,1-5H2/t6-/m0/s1. The predicted octanol–water partition coefficient (Wildman–Crippen LogP) is 0.0609. The molecule has 2 fully saturated rings. The maximum atomic E-state index is 11.4. The highest BCUT2D eigenvalue weighted by Gasteiger charge is 2.37. The molecule has 2 aliphatic rings. The van der Waals surface area contributed by atoms with E-state index in [1.54, 1.807) is 0 Å². The number of likely N-dealkylation sites (tertiary alicyclic amines) is 1. The van der Waals surface area contributed by atoms with Crippen LogP contribution in [-0.4, -0.2) is 42.1 Å². The summed E-state index contributed by atoms with van der Waals surface area (Å²) in [5.41, 5.74) is 0. The van der Waals surface area contributed by atoms with Crippen molar-refractivity contribution in [1.29, 1.82) is 0 Å². The molecule has 15 heavy (non-hydrogen) atoms. The van der Waals surface area contributed by atoms with Crippen LogP contribution in [0.2, 0.25) is 0 Å². The predicted molar refractivity (Wildman–Crippen MR) is 46.8 cm³/mol. The lowest BCUT2D eigenvalue weighted by Gasteiger charge is -2.15. The van der Waals surface area contributed by atoms with E-state index < -0.39 is 17.9 Å². The van der Waals surface area contributed by atoms with Gasteiger partial charge in [-0.05, 0) is 0 Å². The minimum atomic E-state index is -0.863. The van der Waals surface area contributed by atoms with E-state index in [2.05, 4.69) is 0 Å². The number of hydrogen-bond acceptors (Lipinski definition) is 5. The molecule has 0 bridgehead atoms. The highest BCUT2D eigenvalue weighted by molar-refractivity contribution is 6.13. The first kappa shape index (κ1) is 10.1. The van der Waals surface area contributed by atoms with Crippen LogP contribution in [0.25, 0.3) is 0 Å². The molecule has 6 heteroatoms. The Labute approximate surface area is 86.1 Å². The summed E-state index contributed by atoms with van der Waals surface area (Å²) in [4.78, 5) is 34.4. The van der Waals surface area contributed by atoms with Gasteiger partial charge < -0.3 is 9.47 Å². The van der Waals surface area contributed by atoms with Crippen molar-refractivity contribution in [3.63, 3.8) is 0 Å². The molecule has 2 rings (SSSR count). The van der Waals surface area contributed by atoms with Crippen LogP contribution in [0.5, 0.6) is 0 Å². The topological polar surface area (TPSA) is 72.9 Å². The van der Waals surface area contributed by atoms with Crippen molar-refractivity contribution in [3.05, 3.63) is 0 Å². The zero-order chi connectivity index (χ0) is 10.8. The van der Waals surface area contributed by atoms with Crippen LogP contribution in [-0.2, 0) is 19.1 Å². The second-order valence-electron chi connectivity index (χ2n) is 3.49. The molecule has 0 saturated carbocycles. The number of amides is 3. The van der Waals surface area contributed by atoms with E-state index in [9.17, 15) is 14.4 Å². The molecule has 0 aromatic heterocycles. The number of nitrogens with zero attached hydrogens (tertiary/aromatic N) is 1. The van der Waals surface area contributed by atoms with E-state index in [0.717, 1.165) is 0 Å². The van der Waals surface area contributed by atoms with Crippen molar-refractivity contribution in [2.75, 3.05) is 13.2 Å². The van der Waals surface area contributed by atoms with Crippen LogP contribution in [0, 0.1) is 0 Å². The van der Waals surface area contributed by atoms with Gasteiger partial charge in [-0.2, -0.15) is 4.90 Å². The first-order valence-electron chi connectivity index (χ1n) is 4.82. The first-order chi connectivity index (χ1) is 7.18. The Kier molecular flexibility index (Phi) is 2.68. The van der Waals surface area contributed by atoms with Gasteiger partial charge in [0.15, 0.2) is 0 Å². The highest BCUT2D eigenvalue weighted by Crippen LogP contribution is 2.16. The number of carbonyl (C=O) groups excluding carboxylic acids is 3. The third-order valence-corrected chi connectivity index (χ3v) is 2.39. The summed E-state index contributed by atoms with van der Waals surface area (Å²) in [7, 11) is 0. The Morgan fingerprint density at radius 2 is 2.00 bits per heavy atom. The van der Waals surface area contributed by atoms with Gasteiger partial charge in [0.1, 0.15) is 6.10 Å². The SMILES string of the molecule is O=C1CCC(=O)N1C(=O)O[C@H]1CCOC1. The van der Waals surface area contributed by atoms with E-state index in [1.807, 2.05) is 0 Å². The number of carbonyl (C=O) groups is 3. The van der Waals surface area contributed by atoms with Gasteiger partial charge >= 0.3 is 6.09 Å². The molecule has 0 spiro atoms. The lowest BCUT2D eigenvalue weighted by molar-refractivity contribution is -0.136. The lowest BCUT2D eigenvalue weighted by Crippen LogP contribution is -2.38. The smallest absolute Gasteiger partial charge is 0.423 e. The number of hydrogen-bond donors (Lipinski definition) is 0. The van der Waals surface area contributed by atoms with E-state index in [1.165, 1.54) is 0 Å². The third-order valence-electron chi connectivity index (χ3n) is 2.39. The summed E-state index contributed by atoms with van der Waals surface area (Å²) in [6, 6.07) is 0. The molecule has 3 amide bonds. The largest absolute Gasteiger partial charge is 0.443 e. The molecule has 0 aromatic rings. The van der Waals surface area contributed by atoms with Gasteiger partial charge in [0, 0.05) is 19.3 Å². The van der Waals surface area contributed by atoms with Gasteiger partial charge in [0.2, 0.25) is 11.8 Å². The van der Waals surface area contributed by atoms with E-state index in [0.29, 0.717) is 24.5 Å². The molecule has 2 saturated heterocycles. The maximum Gasteiger partial charge on any atom is 0.423 e. The average Bonchev–Trinajstić information content (AvgIpc) is 2.77. The quantitative estimate of drug-likeness (QED) is 0.576. The van der Waals surface area contributed by atoms with Gasteiger partial charge in [-0.3, -0.25) is 9.59 Å². The molecule has 0 N–H and O–H groups in total. The van der Waals surface area contributed by atoms with E-state index in [-0.39, 0.29) is 18.9 Å². The Morgan fingerprint density at radius 3 is 2.53 bits per heavy atom. The van der Waals surface area contributed by atoms with Gasteiger partial charge in [-0.15, -0.1) is 0 Å². The maximum absolute atomic E-state index is 11.4. The van der Waals surface area contributed by atoms with Crippen LogP contribution in [0.4, 0.5) is 4.79 Å². The monoisotopic (exact) mass is 213 g/mol. The second-order valence-corrected chi connectivity index (χ2v) is 3.49. The van der Waals surface area contributed by atoms with Gasteiger partial charge in [0.25, 0.3) is 0 Å². The zero-order valence-corrected chi connectivity index (χ0v) is 8.10. The zero-order valence-electron chi connectivity index (χ0n) is 8.10. The van der Waals surface area contributed by atoms with E-state index in [4.69, 9.17) is 9.47 Å². The molecule has 82 valence electrons. The van der Waals surface area contributed by atoms with Crippen molar-refractivity contribution >= 4 is 17.9 Å². The fourth-order valence-electron chi connectivity index (χ4n) is 1.58. The Balaban J connectivity index is 1.94. The molecule has 0 unspecified atom stereocenters. The summed E-state index contributed by atoms with van der Waals surface area (Å²) in [6.45, 7) is 0.877. The first-order valence-corrected chi connectivity index (χ1v) is 4.82. The number of ether oxygens (including phenoxy) is 2. The van der Waals surface area contributed by atoms with Crippen LogP contribution < -0.4 is 0 Å². The van der Waals surface area contributed by atoms with Gasteiger partial charge in [-0.1, -0.05) is 0 Å². The molecule has 2 heterocycles. The van der Waals surface area contributed by atoms with Crippen molar-refractivity contribution in [2.24, 2.45) is 0 Å².